The van der Waals surface area contributed by atoms with Crippen LogP contribution in [0, 0.1) is 6.92 Å². The summed E-state index contributed by atoms with van der Waals surface area (Å²) in [7, 11) is -4.07. The molecule has 2 N–H and O–H groups in total. The maximum absolute atomic E-state index is 13.4. The van der Waals surface area contributed by atoms with Crippen LogP contribution in [-0.4, -0.2) is 25.4 Å². The lowest BCUT2D eigenvalue weighted by atomic mass is 10.1. The van der Waals surface area contributed by atoms with Gasteiger partial charge in [-0.3, -0.25) is 9.78 Å². The first-order valence-corrected chi connectivity index (χ1v) is 12.2. The lowest BCUT2D eigenvalue weighted by molar-refractivity contribution is -0.117. The van der Waals surface area contributed by atoms with E-state index in [4.69, 9.17) is 11.6 Å². The summed E-state index contributed by atoms with van der Waals surface area (Å²) in [6, 6.07) is 21.8. The van der Waals surface area contributed by atoms with E-state index in [9.17, 15) is 13.2 Å². The second kappa shape index (κ2) is 9.70. The Bertz CT molecular complexity index is 1400. The SMILES string of the molecule is Cc1ccc(NC(=O)[C@@H](Cc2ccccc2)NS(=O)(=O)c2cccc3cccnc23)c(Cl)c1. The Morgan fingerprint density at radius 2 is 1.76 bits per heavy atom. The minimum absolute atomic E-state index is 0.0137. The molecule has 0 saturated heterocycles. The minimum Gasteiger partial charge on any atom is -0.323 e. The number of benzene rings is 3. The summed E-state index contributed by atoms with van der Waals surface area (Å²) >= 11 is 6.27. The van der Waals surface area contributed by atoms with Crippen LogP contribution in [0.4, 0.5) is 5.69 Å². The van der Waals surface area contributed by atoms with Gasteiger partial charge in [0.25, 0.3) is 0 Å². The van der Waals surface area contributed by atoms with Gasteiger partial charge >= 0.3 is 0 Å². The van der Waals surface area contributed by atoms with Crippen LogP contribution in [0.15, 0.2) is 90.0 Å². The van der Waals surface area contributed by atoms with E-state index in [1.165, 1.54) is 12.3 Å². The van der Waals surface area contributed by atoms with Crippen molar-refractivity contribution in [3.63, 3.8) is 0 Å². The lowest BCUT2D eigenvalue weighted by Crippen LogP contribution is -2.45. The summed E-state index contributed by atoms with van der Waals surface area (Å²) in [6.45, 7) is 1.89. The molecule has 1 amide bonds. The van der Waals surface area contributed by atoms with Gasteiger partial charge in [0.05, 0.1) is 16.2 Å². The number of rotatable bonds is 7. The van der Waals surface area contributed by atoms with Crippen molar-refractivity contribution in [3.8, 4) is 0 Å². The number of amides is 1. The number of carbonyl (C=O) groups excluding carboxylic acids is 1. The highest BCUT2D eigenvalue weighted by atomic mass is 35.5. The van der Waals surface area contributed by atoms with Crippen molar-refractivity contribution in [3.05, 3.63) is 101 Å². The molecule has 8 heteroatoms. The molecule has 1 heterocycles. The van der Waals surface area contributed by atoms with Crippen molar-refractivity contribution in [2.75, 3.05) is 5.32 Å². The summed E-state index contributed by atoms with van der Waals surface area (Å²) in [5, 5.41) is 3.82. The molecule has 1 atom stereocenters. The van der Waals surface area contributed by atoms with Gasteiger partial charge < -0.3 is 5.32 Å². The molecule has 0 aliphatic rings. The molecule has 4 aromatic rings. The quantitative estimate of drug-likeness (QED) is 0.401. The smallest absolute Gasteiger partial charge is 0.243 e. The van der Waals surface area contributed by atoms with E-state index in [0.717, 1.165) is 11.1 Å². The Hall–Kier alpha value is -3.26. The fraction of sp³-hybridized carbons (Fsp3) is 0.120. The van der Waals surface area contributed by atoms with E-state index in [1.54, 1.807) is 36.4 Å². The molecule has 0 aliphatic heterocycles. The van der Waals surface area contributed by atoms with E-state index in [2.05, 4.69) is 15.0 Å². The predicted octanol–water partition coefficient (Wildman–Crippen LogP) is 4.72. The van der Waals surface area contributed by atoms with Crippen molar-refractivity contribution in [1.29, 1.82) is 0 Å². The predicted molar refractivity (Wildman–Crippen MR) is 131 cm³/mol. The molecule has 0 fully saturated rings. The third-order valence-electron chi connectivity index (χ3n) is 5.16. The first kappa shape index (κ1) is 22.9. The monoisotopic (exact) mass is 479 g/mol. The lowest BCUT2D eigenvalue weighted by Gasteiger charge is -2.20. The zero-order valence-corrected chi connectivity index (χ0v) is 19.4. The number of hydrogen-bond donors (Lipinski definition) is 2. The normalized spacial score (nSPS) is 12.4. The molecule has 0 unspecified atom stereocenters. The van der Waals surface area contributed by atoms with E-state index >= 15 is 0 Å². The molecule has 0 radical (unpaired) electrons. The molecule has 0 saturated carbocycles. The van der Waals surface area contributed by atoms with Gasteiger partial charge in [-0.05, 0) is 48.7 Å². The van der Waals surface area contributed by atoms with E-state index < -0.39 is 22.0 Å². The Labute approximate surface area is 197 Å². The van der Waals surface area contributed by atoms with Crippen molar-refractivity contribution in [1.82, 2.24) is 9.71 Å². The second-order valence-electron chi connectivity index (χ2n) is 7.67. The third-order valence-corrected chi connectivity index (χ3v) is 6.98. The number of fused-ring (bicyclic) bond motifs is 1. The van der Waals surface area contributed by atoms with Crippen molar-refractivity contribution in [2.45, 2.75) is 24.3 Å². The highest BCUT2D eigenvalue weighted by Crippen LogP contribution is 2.24. The second-order valence-corrected chi connectivity index (χ2v) is 9.76. The highest BCUT2D eigenvalue weighted by Gasteiger charge is 2.28. The van der Waals surface area contributed by atoms with Crippen LogP contribution in [0.1, 0.15) is 11.1 Å². The first-order valence-electron chi connectivity index (χ1n) is 10.3. The van der Waals surface area contributed by atoms with Gasteiger partial charge in [0.2, 0.25) is 15.9 Å². The van der Waals surface area contributed by atoms with Gasteiger partial charge in [0.1, 0.15) is 10.9 Å². The summed E-state index contributed by atoms with van der Waals surface area (Å²) in [4.78, 5) is 17.5. The first-order chi connectivity index (χ1) is 15.8. The largest absolute Gasteiger partial charge is 0.323 e. The van der Waals surface area contributed by atoms with Crippen LogP contribution in [0.5, 0.6) is 0 Å². The number of hydrogen-bond acceptors (Lipinski definition) is 4. The Kier molecular flexibility index (Phi) is 6.74. The number of pyridine rings is 1. The van der Waals surface area contributed by atoms with Crippen LogP contribution in [0.25, 0.3) is 10.9 Å². The molecule has 1 aromatic heterocycles. The molecular weight excluding hydrogens is 458 g/mol. The molecule has 4 rings (SSSR count). The van der Waals surface area contributed by atoms with Crippen molar-refractivity contribution >= 4 is 44.1 Å². The van der Waals surface area contributed by atoms with Gasteiger partial charge in [-0.2, -0.15) is 4.72 Å². The molecule has 0 bridgehead atoms. The van der Waals surface area contributed by atoms with E-state index in [1.807, 2.05) is 43.3 Å². The number of para-hydroxylation sites is 1. The molecule has 168 valence electrons. The van der Waals surface area contributed by atoms with Gasteiger partial charge in [0.15, 0.2) is 0 Å². The summed E-state index contributed by atoms with van der Waals surface area (Å²) in [5.41, 5.74) is 2.51. The van der Waals surface area contributed by atoms with Gasteiger partial charge in [-0.15, -0.1) is 0 Å². The fourth-order valence-corrected chi connectivity index (χ4v) is 5.18. The van der Waals surface area contributed by atoms with Crippen LogP contribution >= 0.6 is 11.6 Å². The van der Waals surface area contributed by atoms with Crippen molar-refractivity contribution in [2.24, 2.45) is 0 Å². The van der Waals surface area contributed by atoms with Crippen LogP contribution in [0.2, 0.25) is 5.02 Å². The maximum Gasteiger partial charge on any atom is 0.243 e. The summed E-state index contributed by atoms with van der Waals surface area (Å²) in [5.74, 6) is -0.513. The van der Waals surface area contributed by atoms with Crippen LogP contribution in [-0.2, 0) is 21.2 Å². The Morgan fingerprint density at radius 1 is 1.00 bits per heavy atom. The minimum atomic E-state index is -4.07. The van der Waals surface area contributed by atoms with Gasteiger partial charge in [-0.25, -0.2) is 8.42 Å². The number of nitrogens with zero attached hydrogens (tertiary/aromatic N) is 1. The van der Waals surface area contributed by atoms with Crippen LogP contribution < -0.4 is 10.0 Å². The topological polar surface area (TPSA) is 88.2 Å². The maximum atomic E-state index is 13.4. The number of nitrogens with one attached hydrogen (secondary N) is 2. The molecule has 0 spiro atoms. The fourth-order valence-electron chi connectivity index (χ4n) is 3.52. The van der Waals surface area contributed by atoms with Gasteiger partial charge in [0, 0.05) is 11.6 Å². The van der Waals surface area contributed by atoms with Crippen LogP contribution in [0.3, 0.4) is 0 Å². The molecule has 6 nitrogen and oxygen atoms in total. The summed E-state index contributed by atoms with van der Waals surface area (Å²) < 4.78 is 29.3. The molecule has 0 aliphatic carbocycles. The molecule has 3 aromatic carbocycles. The third kappa shape index (κ3) is 5.39. The highest BCUT2D eigenvalue weighted by molar-refractivity contribution is 7.89. The Balaban J connectivity index is 1.67. The average Bonchev–Trinajstić information content (AvgIpc) is 2.80. The van der Waals surface area contributed by atoms with Crippen molar-refractivity contribution < 1.29 is 13.2 Å². The Morgan fingerprint density at radius 3 is 2.52 bits per heavy atom. The number of sulfonamides is 1. The summed E-state index contributed by atoms with van der Waals surface area (Å²) in [6.07, 6.45) is 1.70. The number of aryl methyl sites for hydroxylation is 1. The standard InChI is InChI=1S/C25H22ClN3O3S/c1-17-12-13-21(20(26)15-17)28-25(30)22(16-18-7-3-2-4-8-18)29-33(31,32)23-11-5-9-19-10-6-14-27-24(19)23/h2-15,22,29H,16H2,1H3,(H,28,30)/t22-/m1/s1. The van der Waals surface area contributed by atoms with Gasteiger partial charge in [-0.1, -0.05) is 66.2 Å². The zero-order valence-electron chi connectivity index (χ0n) is 17.8. The molecular formula is C25H22ClN3O3S. The number of halogens is 1. The number of carbonyl (C=O) groups is 1. The zero-order chi connectivity index (χ0) is 23.4. The molecule has 33 heavy (non-hydrogen) atoms. The number of aromatic nitrogens is 1. The van der Waals surface area contributed by atoms with E-state index in [0.29, 0.717) is 21.6 Å². The van der Waals surface area contributed by atoms with E-state index in [-0.39, 0.29) is 11.3 Å². The average molecular weight is 480 g/mol. The number of anilines is 1.